The molecule has 0 radical (unpaired) electrons. The van der Waals surface area contributed by atoms with E-state index in [9.17, 15) is 0 Å². The van der Waals surface area contributed by atoms with Gasteiger partial charge in [0.05, 0.1) is 12.4 Å². The van der Waals surface area contributed by atoms with Crippen molar-refractivity contribution in [3.8, 4) is 0 Å². The van der Waals surface area contributed by atoms with Crippen molar-refractivity contribution >= 4 is 29.9 Å². The third-order valence-corrected chi connectivity index (χ3v) is 6.23. The normalized spacial score (nSPS) is 34.5. The summed E-state index contributed by atoms with van der Waals surface area (Å²) in [5.74, 6) is 1.71. The van der Waals surface area contributed by atoms with Crippen LogP contribution in [-0.4, -0.2) is 95.7 Å². The van der Waals surface area contributed by atoms with Crippen LogP contribution < -0.4 is 5.32 Å². The minimum atomic E-state index is 0. The van der Waals surface area contributed by atoms with E-state index in [2.05, 4.69) is 47.7 Å². The monoisotopic (exact) mass is 473 g/mol. The van der Waals surface area contributed by atoms with Crippen molar-refractivity contribution in [2.45, 2.75) is 25.4 Å². The van der Waals surface area contributed by atoms with Gasteiger partial charge in [0, 0.05) is 77.8 Å². The van der Waals surface area contributed by atoms with Crippen LogP contribution in [0, 0.1) is 5.92 Å². The van der Waals surface area contributed by atoms with Gasteiger partial charge in [-0.3, -0.25) is 14.8 Å². The quantitative estimate of drug-likeness (QED) is 0.403. The minimum Gasteiger partial charge on any atom is -0.355 e. The molecule has 26 heavy (non-hydrogen) atoms. The van der Waals surface area contributed by atoms with Gasteiger partial charge in [-0.1, -0.05) is 6.92 Å². The van der Waals surface area contributed by atoms with Crippen molar-refractivity contribution in [1.29, 1.82) is 0 Å². The third-order valence-electron chi connectivity index (χ3n) is 6.23. The summed E-state index contributed by atoms with van der Waals surface area (Å²) in [6.07, 6.45) is 7.09. The standard InChI is InChI=1S/C18H31N7.HI/c1-15-3-5-24(13-17(15)25-6-4-20-14-25)18(19-2)21-11-16-12-22-7-9-23(16)10-8-22;/h4,6,14-17H,3,5,7-13H2,1-2H3,(H,19,21);1H. The smallest absolute Gasteiger partial charge is 0.193 e. The summed E-state index contributed by atoms with van der Waals surface area (Å²) in [7, 11) is 1.91. The van der Waals surface area contributed by atoms with Crippen molar-refractivity contribution < 1.29 is 0 Å². The summed E-state index contributed by atoms with van der Waals surface area (Å²) in [6.45, 7) is 11.5. The predicted molar refractivity (Wildman–Crippen MR) is 115 cm³/mol. The molecule has 1 N–H and O–H groups in total. The molecule has 3 atom stereocenters. The molecule has 4 saturated heterocycles. The molecule has 0 saturated carbocycles. The highest BCUT2D eigenvalue weighted by molar-refractivity contribution is 14.0. The Bertz CT molecular complexity index is 582. The molecule has 5 heterocycles. The van der Waals surface area contributed by atoms with Crippen LogP contribution in [-0.2, 0) is 0 Å². The Morgan fingerprint density at radius 1 is 1.19 bits per heavy atom. The number of halogens is 1. The zero-order valence-corrected chi connectivity index (χ0v) is 18.2. The summed E-state index contributed by atoms with van der Waals surface area (Å²) in [5.41, 5.74) is 0. The number of hydrogen-bond donors (Lipinski definition) is 1. The van der Waals surface area contributed by atoms with E-state index in [0.29, 0.717) is 18.0 Å². The maximum absolute atomic E-state index is 4.57. The molecular formula is C18H32IN7. The Morgan fingerprint density at radius 3 is 2.62 bits per heavy atom. The van der Waals surface area contributed by atoms with Crippen molar-refractivity contribution in [2.24, 2.45) is 10.9 Å². The van der Waals surface area contributed by atoms with Gasteiger partial charge in [0.25, 0.3) is 0 Å². The van der Waals surface area contributed by atoms with Gasteiger partial charge in [-0.15, -0.1) is 24.0 Å². The Morgan fingerprint density at radius 2 is 2.00 bits per heavy atom. The summed E-state index contributed by atoms with van der Waals surface area (Å²) in [4.78, 5) is 16.4. The van der Waals surface area contributed by atoms with Crippen LogP contribution in [0.4, 0.5) is 0 Å². The molecule has 0 aromatic carbocycles. The van der Waals surface area contributed by atoms with Gasteiger partial charge < -0.3 is 14.8 Å². The van der Waals surface area contributed by atoms with E-state index in [1.807, 2.05) is 19.6 Å². The number of hydrogen-bond acceptors (Lipinski definition) is 4. The number of fused-ring (bicyclic) bond motifs is 3. The minimum absolute atomic E-state index is 0. The number of piperazine rings is 3. The molecule has 4 aliphatic heterocycles. The van der Waals surface area contributed by atoms with Gasteiger partial charge in [-0.25, -0.2) is 4.98 Å². The van der Waals surface area contributed by atoms with Crippen LogP contribution in [0.2, 0.25) is 0 Å². The average Bonchev–Trinajstić information content (AvgIpc) is 3.19. The molecule has 146 valence electrons. The second kappa shape index (κ2) is 8.88. The molecule has 4 fully saturated rings. The lowest BCUT2D eigenvalue weighted by Crippen LogP contribution is -2.64. The highest BCUT2D eigenvalue weighted by Crippen LogP contribution is 2.27. The molecule has 7 nitrogen and oxygen atoms in total. The van der Waals surface area contributed by atoms with Crippen LogP contribution >= 0.6 is 24.0 Å². The fraction of sp³-hybridized carbons (Fsp3) is 0.778. The van der Waals surface area contributed by atoms with Crippen molar-refractivity contribution in [1.82, 2.24) is 29.6 Å². The van der Waals surface area contributed by atoms with E-state index in [1.165, 1.54) is 39.1 Å². The molecule has 2 bridgehead atoms. The largest absolute Gasteiger partial charge is 0.355 e. The zero-order valence-electron chi connectivity index (χ0n) is 15.9. The zero-order chi connectivity index (χ0) is 17.2. The second-order valence-electron chi connectivity index (χ2n) is 7.71. The number of nitrogens with one attached hydrogen (secondary N) is 1. The lowest BCUT2D eigenvalue weighted by Gasteiger charge is -2.48. The summed E-state index contributed by atoms with van der Waals surface area (Å²) >= 11 is 0. The predicted octanol–water partition coefficient (Wildman–Crippen LogP) is 0.959. The van der Waals surface area contributed by atoms with Crippen LogP contribution in [0.15, 0.2) is 23.7 Å². The van der Waals surface area contributed by atoms with Gasteiger partial charge in [-0.05, 0) is 12.3 Å². The van der Waals surface area contributed by atoms with Gasteiger partial charge >= 0.3 is 0 Å². The highest BCUT2D eigenvalue weighted by Gasteiger charge is 2.33. The van der Waals surface area contributed by atoms with E-state index in [0.717, 1.165) is 25.6 Å². The van der Waals surface area contributed by atoms with E-state index in [-0.39, 0.29) is 24.0 Å². The lowest BCUT2D eigenvalue weighted by molar-refractivity contribution is 0.0151. The number of nitrogens with zero attached hydrogens (tertiary/aromatic N) is 6. The Balaban J connectivity index is 0.00000196. The van der Waals surface area contributed by atoms with Gasteiger partial charge in [-0.2, -0.15) is 0 Å². The number of likely N-dealkylation sites (tertiary alicyclic amines) is 1. The first kappa shape index (κ1) is 19.9. The van der Waals surface area contributed by atoms with Gasteiger partial charge in [0.15, 0.2) is 5.96 Å². The second-order valence-corrected chi connectivity index (χ2v) is 7.71. The molecule has 1 aromatic rings. The van der Waals surface area contributed by atoms with Gasteiger partial charge in [0.2, 0.25) is 0 Å². The Labute approximate surface area is 173 Å². The Kier molecular flexibility index (Phi) is 6.79. The van der Waals surface area contributed by atoms with E-state index in [1.54, 1.807) is 0 Å². The number of imidazole rings is 1. The van der Waals surface area contributed by atoms with Crippen molar-refractivity contribution in [2.75, 3.05) is 59.4 Å². The lowest BCUT2D eigenvalue weighted by atomic mass is 9.93. The molecular weight excluding hydrogens is 441 g/mol. The molecule has 0 spiro atoms. The van der Waals surface area contributed by atoms with Gasteiger partial charge in [0.1, 0.15) is 0 Å². The first-order valence-electron chi connectivity index (χ1n) is 9.64. The summed E-state index contributed by atoms with van der Waals surface area (Å²) < 4.78 is 2.25. The average molecular weight is 473 g/mol. The fourth-order valence-corrected chi connectivity index (χ4v) is 4.55. The first-order valence-corrected chi connectivity index (χ1v) is 9.64. The maximum Gasteiger partial charge on any atom is 0.193 e. The van der Waals surface area contributed by atoms with Crippen LogP contribution in [0.3, 0.4) is 0 Å². The highest BCUT2D eigenvalue weighted by atomic mass is 127. The summed E-state index contributed by atoms with van der Waals surface area (Å²) in [5, 5.41) is 3.66. The van der Waals surface area contributed by atoms with E-state index < -0.39 is 0 Å². The summed E-state index contributed by atoms with van der Waals surface area (Å²) in [6, 6.07) is 1.09. The SMILES string of the molecule is CN=C(NCC1CN2CCN1CC2)N1CCC(C)C(n2ccnc2)C1.I. The first-order chi connectivity index (χ1) is 12.2. The number of piperidine rings is 1. The third kappa shape index (κ3) is 4.17. The topological polar surface area (TPSA) is 51.9 Å². The Hall–Kier alpha value is -0.870. The van der Waals surface area contributed by atoms with Crippen molar-refractivity contribution in [3.63, 3.8) is 0 Å². The number of rotatable bonds is 3. The molecule has 4 aliphatic rings. The van der Waals surface area contributed by atoms with Crippen molar-refractivity contribution in [3.05, 3.63) is 18.7 Å². The maximum atomic E-state index is 4.57. The van der Waals surface area contributed by atoms with Crippen LogP contribution in [0.1, 0.15) is 19.4 Å². The molecule has 8 heteroatoms. The molecule has 0 aliphatic carbocycles. The number of aromatic nitrogens is 2. The number of guanidine groups is 1. The van der Waals surface area contributed by atoms with Crippen LogP contribution in [0.5, 0.6) is 0 Å². The van der Waals surface area contributed by atoms with E-state index >= 15 is 0 Å². The molecule has 0 amide bonds. The van der Waals surface area contributed by atoms with Crippen LogP contribution in [0.25, 0.3) is 0 Å². The number of aliphatic imine (C=N–C) groups is 1. The molecule has 1 aromatic heterocycles. The fourth-order valence-electron chi connectivity index (χ4n) is 4.55. The van der Waals surface area contributed by atoms with E-state index in [4.69, 9.17) is 0 Å². The molecule has 5 rings (SSSR count). The molecule has 3 unspecified atom stereocenters.